The lowest BCUT2D eigenvalue weighted by Crippen LogP contribution is -2.40. The number of hydrogen-bond donors (Lipinski definition) is 1. The molecular weight excluding hydrogens is 590 g/mol. The van der Waals surface area contributed by atoms with Crippen LogP contribution in [0.4, 0.5) is 9.18 Å². The summed E-state index contributed by atoms with van der Waals surface area (Å²) in [7, 11) is 0. The van der Waals surface area contributed by atoms with Gasteiger partial charge in [-0.25, -0.2) is 13.9 Å². The molecule has 0 fully saturated rings. The van der Waals surface area contributed by atoms with E-state index in [0.29, 0.717) is 44.7 Å². The van der Waals surface area contributed by atoms with Crippen molar-refractivity contribution in [3.05, 3.63) is 117 Å². The van der Waals surface area contributed by atoms with Crippen molar-refractivity contribution in [1.82, 2.24) is 20.0 Å². The Balaban J connectivity index is 1.69. The predicted molar refractivity (Wildman–Crippen MR) is 167 cm³/mol. The molecular formula is C33H31Cl2FN4O3. The maximum absolute atomic E-state index is 13.8. The number of rotatable bonds is 5. The van der Waals surface area contributed by atoms with Crippen LogP contribution >= 0.6 is 23.2 Å². The molecule has 1 aliphatic rings. The van der Waals surface area contributed by atoms with Crippen LogP contribution in [0.25, 0.3) is 17.5 Å². The van der Waals surface area contributed by atoms with E-state index in [9.17, 15) is 14.0 Å². The Morgan fingerprint density at radius 2 is 1.74 bits per heavy atom. The number of amides is 2. The maximum atomic E-state index is 13.8. The Morgan fingerprint density at radius 1 is 1.05 bits per heavy atom. The molecule has 43 heavy (non-hydrogen) atoms. The number of halogens is 3. The SMILES string of the molecule is C[C@@H](NC(=O)c1nn(-c2ccc(Cl)cc2Cl)c2c1CCN(C(=O)OC(C)(C)C)C2=Cc1ccc(F)cc1)c1ccccc1. The molecule has 10 heteroatoms. The Bertz CT molecular complexity index is 1700. The lowest BCUT2D eigenvalue weighted by Gasteiger charge is -2.32. The first-order valence-corrected chi connectivity index (χ1v) is 14.6. The Kier molecular flexibility index (Phi) is 8.62. The van der Waals surface area contributed by atoms with Gasteiger partial charge in [-0.3, -0.25) is 9.69 Å². The molecule has 0 unspecified atom stereocenters. The number of nitrogens with one attached hydrogen (secondary N) is 1. The minimum absolute atomic E-state index is 0.206. The smallest absolute Gasteiger partial charge is 0.414 e. The van der Waals surface area contributed by atoms with Crippen LogP contribution in [-0.2, 0) is 11.2 Å². The summed E-state index contributed by atoms with van der Waals surface area (Å²) in [6, 6.07) is 20.2. The molecule has 0 spiro atoms. The number of benzene rings is 3. The zero-order chi connectivity index (χ0) is 30.9. The Labute approximate surface area is 259 Å². The molecule has 1 aliphatic heterocycles. The molecule has 2 amide bonds. The normalized spacial score (nSPS) is 14.8. The maximum Gasteiger partial charge on any atom is 0.414 e. The first-order valence-electron chi connectivity index (χ1n) is 13.8. The summed E-state index contributed by atoms with van der Waals surface area (Å²) < 4.78 is 21.1. The van der Waals surface area contributed by atoms with Crippen LogP contribution in [-0.4, -0.2) is 38.8 Å². The van der Waals surface area contributed by atoms with Crippen LogP contribution in [0.2, 0.25) is 10.0 Å². The van der Waals surface area contributed by atoms with Crippen LogP contribution in [0.1, 0.15) is 66.6 Å². The molecule has 1 N–H and O–H groups in total. The van der Waals surface area contributed by atoms with E-state index in [1.807, 2.05) is 37.3 Å². The van der Waals surface area contributed by atoms with E-state index in [1.165, 1.54) is 17.0 Å². The fraction of sp³-hybridized carbons (Fsp3) is 0.242. The number of carbonyl (C=O) groups excluding carboxylic acids is 2. The van der Waals surface area contributed by atoms with Crippen molar-refractivity contribution >= 4 is 47.0 Å². The molecule has 1 atom stereocenters. The van der Waals surface area contributed by atoms with Crippen molar-refractivity contribution < 1.29 is 18.7 Å². The lowest BCUT2D eigenvalue weighted by atomic mass is 9.98. The first kappa shape index (κ1) is 30.3. The van der Waals surface area contributed by atoms with Gasteiger partial charge in [-0.1, -0.05) is 65.7 Å². The van der Waals surface area contributed by atoms with Gasteiger partial charge in [-0.15, -0.1) is 0 Å². The average molecular weight is 622 g/mol. The summed E-state index contributed by atoms with van der Waals surface area (Å²) in [5, 5.41) is 8.56. The van der Waals surface area contributed by atoms with Gasteiger partial charge in [0.1, 0.15) is 11.4 Å². The molecule has 0 aliphatic carbocycles. The largest absolute Gasteiger partial charge is 0.443 e. The second-order valence-electron chi connectivity index (χ2n) is 11.3. The molecule has 2 heterocycles. The highest BCUT2D eigenvalue weighted by atomic mass is 35.5. The van der Waals surface area contributed by atoms with Crippen LogP contribution in [0, 0.1) is 5.82 Å². The van der Waals surface area contributed by atoms with E-state index < -0.39 is 11.7 Å². The van der Waals surface area contributed by atoms with Gasteiger partial charge in [0.25, 0.3) is 5.91 Å². The van der Waals surface area contributed by atoms with E-state index in [1.54, 1.807) is 61.9 Å². The van der Waals surface area contributed by atoms with Crippen LogP contribution < -0.4 is 5.32 Å². The third-order valence-corrected chi connectivity index (χ3v) is 7.43. The summed E-state index contributed by atoms with van der Waals surface area (Å²) in [4.78, 5) is 28.8. The van der Waals surface area contributed by atoms with Crippen molar-refractivity contribution in [2.45, 2.75) is 45.8 Å². The zero-order valence-corrected chi connectivity index (χ0v) is 25.7. The van der Waals surface area contributed by atoms with E-state index in [2.05, 4.69) is 5.32 Å². The number of ether oxygens (including phenoxy) is 1. The Hall–Kier alpha value is -4.14. The minimum Gasteiger partial charge on any atom is -0.443 e. The summed E-state index contributed by atoms with van der Waals surface area (Å²) in [5.41, 5.74) is 3.05. The summed E-state index contributed by atoms with van der Waals surface area (Å²) in [6.07, 6.45) is 1.51. The number of nitrogens with zero attached hydrogens (tertiary/aromatic N) is 3. The van der Waals surface area contributed by atoms with Crippen LogP contribution in [0.5, 0.6) is 0 Å². The van der Waals surface area contributed by atoms with E-state index >= 15 is 0 Å². The van der Waals surface area contributed by atoms with Gasteiger partial charge >= 0.3 is 6.09 Å². The average Bonchev–Trinajstić information content (AvgIpc) is 3.34. The van der Waals surface area contributed by atoms with E-state index in [0.717, 1.165) is 5.56 Å². The van der Waals surface area contributed by atoms with Gasteiger partial charge in [0.05, 0.1) is 28.1 Å². The van der Waals surface area contributed by atoms with Gasteiger partial charge in [0.15, 0.2) is 5.69 Å². The number of hydrogen-bond acceptors (Lipinski definition) is 4. The van der Waals surface area contributed by atoms with Crippen LogP contribution in [0.3, 0.4) is 0 Å². The van der Waals surface area contributed by atoms with Gasteiger partial charge in [0.2, 0.25) is 0 Å². The van der Waals surface area contributed by atoms with Crippen LogP contribution in [0.15, 0.2) is 72.8 Å². The Morgan fingerprint density at radius 3 is 2.40 bits per heavy atom. The molecule has 0 saturated carbocycles. The van der Waals surface area contributed by atoms with Gasteiger partial charge in [-0.2, -0.15) is 5.10 Å². The fourth-order valence-electron chi connectivity index (χ4n) is 4.89. The van der Waals surface area contributed by atoms with Gasteiger partial charge in [0, 0.05) is 17.1 Å². The highest BCUT2D eigenvalue weighted by molar-refractivity contribution is 6.35. The number of aromatic nitrogens is 2. The molecule has 7 nitrogen and oxygen atoms in total. The quantitative estimate of drug-likeness (QED) is 0.244. The number of carbonyl (C=O) groups is 2. The fourth-order valence-corrected chi connectivity index (χ4v) is 5.38. The van der Waals surface area contributed by atoms with E-state index in [4.69, 9.17) is 33.0 Å². The molecule has 0 radical (unpaired) electrons. The van der Waals surface area contributed by atoms with Crippen molar-refractivity contribution in [2.24, 2.45) is 0 Å². The number of fused-ring (bicyclic) bond motifs is 1. The highest BCUT2D eigenvalue weighted by Gasteiger charge is 2.37. The van der Waals surface area contributed by atoms with Crippen molar-refractivity contribution in [2.75, 3.05) is 6.54 Å². The third-order valence-electron chi connectivity index (χ3n) is 6.89. The second-order valence-corrected chi connectivity index (χ2v) is 12.1. The summed E-state index contributed by atoms with van der Waals surface area (Å²) >= 11 is 12.9. The van der Waals surface area contributed by atoms with Crippen molar-refractivity contribution in [3.63, 3.8) is 0 Å². The first-order chi connectivity index (χ1) is 20.4. The van der Waals surface area contributed by atoms with Crippen molar-refractivity contribution in [1.29, 1.82) is 0 Å². The highest BCUT2D eigenvalue weighted by Crippen LogP contribution is 2.37. The monoisotopic (exact) mass is 620 g/mol. The topological polar surface area (TPSA) is 76.5 Å². The molecule has 4 aromatic rings. The third kappa shape index (κ3) is 6.76. The van der Waals surface area contributed by atoms with Crippen molar-refractivity contribution in [3.8, 4) is 5.69 Å². The zero-order valence-electron chi connectivity index (χ0n) is 24.2. The van der Waals surface area contributed by atoms with E-state index in [-0.39, 0.29) is 30.0 Å². The lowest BCUT2D eigenvalue weighted by molar-refractivity contribution is 0.0351. The second kappa shape index (κ2) is 12.2. The molecule has 3 aromatic carbocycles. The molecule has 1 aromatic heterocycles. The minimum atomic E-state index is -0.753. The summed E-state index contributed by atoms with van der Waals surface area (Å²) in [6.45, 7) is 7.49. The summed E-state index contributed by atoms with van der Waals surface area (Å²) in [5.74, 6) is -0.761. The molecule has 5 rings (SSSR count). The standard InChI is InChI=1S/C33H31Cl2FN4O3/c1-20(22-8-6-5-7-9-22)37-31(41)29-25-16-17-39(32(42)43-33(2,3)4)28(18-21-10-13-24(36)14-11-21)30(25)40(38-29)27-15-12-23(34)19-26(27)35/h5-15,18-20H,16-17H2,1-4H3,(H,37,41)/t20-/m1/s1. The molecule has 222 valence electrons. The van der Waals surface area contributed by atoms with Gasteiger partial charge in [-0.05, 0) is 81.7 Å². The molecule has 0 saturated heterocycles. The van der Waals surface area contributed by atoms with Gasteiger partial charge < -0.3 is 10.1 Å². The molecule has 0 bridgehead atoms. The predicted octanol–water partition coefficient (Wildman–Crippen LogP) is 8.10.